The summed E-state index contributed by atoms with van der Waals surface area (Å²) >= 11 is 6.11. The van der Waals surface area contributed by atoms with Gasteiger partial charge in [0, 0.05) is 18.2 Å². The predicted octanol–water partition coefficient (Wildman–Crippen LogP) is 3.51. The van der Waals surface area contributed by atoms with Gasteiger partial charge in [-0.3, -0.25) is 9.10 Å². The van der Waals surface area contributed by atoms with Crippen LogP contribution < -0.4 is 14.4 Å². The molecule has 2 aromatic rings. The van der Waals surface area contributed by atoms with E-state index >= 15 is 0 Å². The number of sulfonamides is 1. The number of nitrogens with zero attached hydrogens (tertiary/aromatic N) is 1. The molecule has 0 unspecified atom stereocenters. The lowest BCUT2D eigenvalue weighted by atomic mass is 10.1. The Kier molecular flexibility index (Phi) is 4.35. The lowest BCUT2D eigenvalue weighted by Gasteiger charge is -2.26. The molecule has 1 saturated carbocycles. The zero-order valence-electron chi connectivity index (χ0n) is 15.8. The van der Waals surface area contributed by atoms with Gasteiger partial charge in [0.15, 0.2) is 4.75 Å². The minimum atomic E-state index is -3.83. The number of para-hydroxylation sites is 1. The van der Waals surface area contributed by atoms with E-state index in [9.17, 15) is 13.2 Å². The third-order valence-corrected chi connectivity index (χ3v) is 8.48. The van der Waals surface area contributed by atoms with Gasteiger partial charge in [0.1, 0.15) is 5.75 Å². The maximum absolute atomic E-state index is 13.4. The van der Waals surface area contributed by atoms with Crippen LogP contribution in [-0.4, -0.2) is 32.7 Å². The van der Waals surface area contributed by atoms with E-state index in [1.807, 2.05) is 32.0 Å². The van der Waals surface area contributed by atoms with Gasteiger partial charge in [-0.25, -0.2) is 8.42 Å². The molecule has 0 bridgehead atoms. The number of benzene rings is 2. The van der Waals surface area contributed by atoms with E-state index in [2.05, 4.69) is 5.32 Å². The van der Waals surface area contributed by atoms with Gasteiger partial charge in [-0.1, -0.05) is 29.8 Å². The maximum atomic E-state index is 13.4. The van der Waals surface area contributed by atoms with Gasteiger partial charge in [0.2, 0.25) is 15.9 Å². The molecule has 1 N–H and O–H groups in total. The molecule has 148 valence electrons. The van der Waals surface area contributed by atoms with Gasteiger partial charge in [-0.05, 0) is 49.6 Å². The first-order valence-electron chi connectivity index (χ1n) is 8.96. The standard InChI is InChI=1S/C20H21ClN2O4S/c1-12-5-4-6-13(2)18(12)23-11-14-10-20(14,28(23,25)26)19(24)22-15-7-8-17(27-3)16(21)9-15/h4-9,14H,10-11H2,1-3H3,(H,22,24)/t14-,20+/m1/s1. The summed E-state index contributed by atoms with van der Waals surface area (Å²) in [6.07, 6.45) is 0.340. The number of carbonyl (C=O) groups is 1. The van der Waals surface area contributed by atoms with Crippen LogP contribution in [0.3, 0.4) is 0 Å². The molecule has 2 aliphatic rings. The van der Waals surface area contributed by atoms with Gasteiger partial charge < -0.3 is 10.1 Å². The molecule has 0 spiro atoms. The number of methoxy groups -OCH3 is 1. The zero-order valence-corrected chi connectivity index (χ0v) is 17.4. The molecule has 0 aromatic heterocycles. The van der Waals surface area contributed by atoms with Crippen molar-refractivity contribution in [3.05, 3.63) is 52.5 Å². The minimum Gasteiger partial charge on any atom is -0.495 e. The fourth-order valence-electron chi connectivity index (χ4n) is 4.12. The lowest BCUT2D eigenvalue weighted by molar-refractivity contribution is -0.116. The molecule has 6 nitrogen and oxygen atoms in total. The van der Waals surface area contributed by atoms with E-state index in [0.717, 1.165) is 11.1 Å². The smallest absolute Gasteiger partial charge is 0.250 e. The molecule has 1 saturated heterocycles. The number of hydrogen-bond acceptors (Lipinski definition) is 4. The molecule has 1 heterocycles. The highest BCUT2D eigenvalue weighted by Crippen LogP contribution is 2.59. The lowest BCUT2D eigenvalue weighted by Crippen LogP contribution is -2.42. The Hall–Kier alpha value is -2.25. The Morgan fingerprint density at radius 2 is 1.93 bits per heavy atom. The molecule has 2 aromatic carbocycles. The number of amides is 1. The summed E-state index contributed by atoms with van der Waals surface area (Å²) in [5, 5.41) is 3.07. The fraction of sp³-hybridized carbons (Fsp3) is 0.350. The van der Waals surface area contributed by atoms with E-state index in [0.29, 0.717) is 35.1 Å². The summed E-state index contributed by atoms with van der Waals surface area (Å²) in [5.74, 6) is -0.241. The van der Waals surface area contributed by atoms with Gasteiger partial charge in [-0.15, -0.1) is 0 Å². The van der Waals surface area contributed by atoms with Crippen LogP contribution in [0.4, 0.5) is 11.4 Å². The molecule has 2 atom stereocenters. The van der Waals surface area contributed by atoms with E-state index in [4.69, 9.17) is 16.3 Å². The number of anilines is 2. The van der Waals surface area contributed by atoms with Crippen LogP contribution in [0.25, 0.3) is 0 Å². The van der Waals surface area contributed by atoms with Crippen LogP contribution in [0, 0.1) is 19.8 Å². The maximum Gasteiger partial charge on any atom is 0.250 e. The minimum absolute atomic E-state index is 0.217. The monoisotopic (exact) mass is 420 g/mol. The molecule has 1 aliphatic carbocycles. The van der Waals surface area contributed by atoms with Crippen molar-refractivity contribution in [3.8, 4) is 5.75 Å². The highest BCUT2D eigenvalue weighted by molar-refractivity contribution is 7.95. The number of ether oxygens (including phenoxy) is 1. The molecular formula is C20H21ClN2O4S. The first kappa shape index (κ1) is 19.1. The summed E-state index contributed by atoms with van der Waals surface area (Å²) in [4.78, 5) is 13.0. The van der Waals surface area contributed by atoms with Crippen molar-refractivity contribution >= 4 is 38.9 Å². The van der Waals surface area contributed by atoms with Crippen LogP contribution in [0.2, 0.25) is 5.02 Å². The van der Waals surface area contributed by atoms with E-state index < -0.39 is 20.7 Å². The zero-order chi connectivity index (χ0) is 20.3. The normalized spacial score (nSPS) is 24.6. The van der Waals surface area contributed by atoms with Crippen molar-refractivity contribution < 1.29 is 17.9 Å². The van der Waals surface area contributed by atoms with Gasteiger partial charge in [0.25, 0.3) is 0 Å². The Morgan fingerprint density at radius 3 is 2.54 bits per heavy atom. The van der Waals surface area contributed by atoms with E-state index in [-0.39, 0.29) is 5.92 Å². The van der Waals surface area contributed by atoms with Gasteiger partial charge >= 0.3 is 0 Å². The van der Waals surface area contributed by atoms with Crippen molar-refractivity contribution in [2.75, 3.05) is 23.3 Å². The molecule has 2 fully saturated rings. The third-order valence-electron chi connectivity index (χ3n) is 5.67. The van der Waals surface area contributed by atoms with Crippen molar-refractivity contribution in [1.82, 2.24) is 0 Å². The highest BCUT2D eigenvalue weighted by Gasteiger charge is 2.75. The summed E-state index contributed by atoms with van der Waals surface area (Å²) in [6.45, 7) is 4.09. The Bertz CT molecular complexity index is 1070. The number of halogens is 1. The van der Waals surface area contributed by atoms with Crippen LogP contribution in [0.15, 0.2) is 36.4 Å². The largest absolute Gasteiger partial charge is 0.495 e. The number of aryl methyl sites for hydroxylation is 2. The molecule has 28 heavy (non-hydrogen) atoms. The van der Waals surface area contributed by atoms with Crippen LogP contribution in [-0.2, 0) is 14.8 Å². The summed E-state index contributed by atoms with van der Waals surface area (Å²) < 4.78 is 31.9. The molecule has 1 amide bonds. The van der Waals surface area contributed by atoms with Crippen LogP contribution in [0.5, 0.6) is 5.75 Å². The van der Waals surface area contributed by atoms with Crippen LogP contribution >= 0.6 is 11.6 Å². The molecule has 8 heteroatoms. The first-order chi connectivity index (χ1) is 13.2. The number of carbonyl (C=O) groups excluding carboxylic acids is 1. The van der Waals surface area contributed by atoms with Crippen LogP contribution in [0.1, 0.15) is 17.5 Å². The number of fused-ring (bicyclic) bond motifs is 1. The van der Waals surface area contributed by atoms with Crippen molar-refractivity contribution in [2.24, 2.45) is 5.92 Å². The highest BCUT2D eigenvalue weighted by atomic mass is 35.5. The Labute approximate surface area is 169 Å². The Balaban J connectivity index is 1.64. The molecular weight excluding hydrogens is 400 g/mol. The number of hydrogen-bond donors (Lipinski definition) is 1. The van der Waals surface area contributed by atoms with Gasteiger partial charge in [-0.2, -0.15) is 0 Å². The summed E-state index contributed by atoms with van der Waals surface area (Å²) in [6, 6.07) is 10.5. The first-order valence-corrected chi connectivity index (χ1v) is 10.8. The van der Waals surface area contributed by atoms with Crippen molar-refractivity contribution in [1.29, 1.82) is 0 Å². The average Bonchev–Trinajstić information content (AvgIpc) is 3.32. The predicted molar refractivity (Wildman–Crippen MR) is 110 cm³/mol. The average molecular weight is 421 g/mol. The number of rotatable bonds is 4. The van der Waals surface area contributed by atoms with Crippen molar-refractivity contribution in [2.45, 2.75) is 25.0 Å². The summed E-state index contributed by atoms with van der Waals surface area (Å²) in [7, 11) is -2.33. The quantitative estimate of drug-likeness (QED) is 0.821. The van der Waals surface area contributed by atoms with Crippen molar-refractivity contribution in [3.63, 3.8) is 0 Å². The van der Waals surface area contributed by atoms with E-state index in [1.54, 1.807) is 18.2 Å². The second-order valence-corrected chi connectivity index (χ2v) is 9.90. The summed E-state index contributed by atoms with van der Waals surface area (Å²) in [5.41, 5.74) is 2.87. The molecule has 1 aliphatic heterocycles. The second-order valence-electron chi connectivity index (χ2n) is 7.37. The fourth-order valence-corrected chi connectivity index (χ4v) is 6.87. The molecule has 4 rings (SSSR count). The number of nitrogens with one attached hydrogen (secondary N) is 1. The SMILES string of the molecule is COc1ccc(NC(=O)[C@]23C[C@@H]2CN(c2c(C)cccc2C)S3(=O)=O)cc1Cl. The third kappa shape index (κ3) is 2.60. The second kappa shape index (κ2) is 6.39. The topological polar surface area (TPSA) is 75.7 Å². The van der Waals surface area contributed by atoms with E-state index in [1.165, 1.54) is 11.4 Å². The Morgan fingerprint density at radius 1 is 1.25 bits per heavy atom. The molecule has 0 radical (unpaired) electrons. The van der Waals surface area contributed by atoms with Gasteiger partial charge in [0.05, 0.1) is 17.8 Å².